The maximum absolute atomic E-state index is 13.2. The van der Waals surface area contributed by atoms with Gasteiger partial charge in [0.1, 0.15) is 11.4 Å². The predicted octanol–water partition coefficient (Wildman–Crippen LogP) is 1.21. The van der Waals surface area contributed by atoms with Crippen LogP contribution in [0.4, 0.5) is 14.9 Å². The molecule has 124 valence electrons. The number of halogens is 1. The van der Waals surface area contributed by atoms with Gasteiger partial charge in [-0.05, 0) is 39.0 Å². The molecule has 0 radical (unpaired) electrons. The number of benzene rings is 1. The summed E-state index contributed by atoms with van der Waals surface area (Å²) < 4.78 is 44.3. The number of nitrogens with one attached hydrogen (secondary N) is 2. The minimum absolute atomic E-state index is 0.00672. The highest BCUT2D eigenvalue weighted by molar-refractivity contribution is 7.89. The molecule has 1 rings (SSSR count). The van der Waals surface area contributed by atoms with E-state index < -0.39 is 27.5 Å². The van der Waals surface area contributed by atoms with Crippen molar-refractivity contribution >= 4 is 21.8 Å². The number of hydrogen-bond acceptors (Lipinski definition) is 5. The number of rotatable bonds is 5. The van der Waals surface area contributed by atoms with E-state index in [1.54, 1.807) is 20.8 Å². The second-order valence-electron chi connectivity index (χ2n) is 5.55. The molecule has 4 N–H and O–H groups in total. The van der Waals surface area contributed by atoms with Gasteiger partial charge in [0.25, 0.3) is 0 Å². The Morgan fingerprint density at radius 2 is 1.91 bits per heavy atom. The Morgan fingerprint density at radius 1 is 1.27 bits per heavy atom. The minimum Gasteiger partial charge on any atom is -0.444 e. The average molecular weight is 333 g/mol. The summed E-state index contributed by atoms with van der Waals surface area (Å²) in [6, 6.07) is 3.02. The lowest BCUT2D eigenvalue weighted by atomic mass is 10.2. The van der Waals surface area contributed by atoms with Crippen LogP contribution < -0.4 is 15.8 Å². The molecule has 0 unspecified atom stereocenters. The Labute approximate surface area is 129 Å². The molecule has 0 fully saturated rings. The fraction of sp³-hybridized carbons (Fsp3) is 0.462. The van der Waals surface area contributed by atoms with Crippen LogP contribution in [-0.2, 0) is 14.8 Å². The normalized spacial score (nSPS) is 12.0. The molecule has 0 heterocycles. The highest BCUT2D eigenvalue weighted by atomic mass is 32.2. The predicted molar refractivity (Wildman–Crippen MR) is 80.2 cm³/mol. The monoisotopic (exact) mass is 333 g/mol. The lowest BCUT2D eigenvalue weighted by molar-refractivity contribution is 0.0529. The van der Waals surface area contributed by atoms with Gasteiger partial charge in [-0.15, -0.1) is 0 Å². The number of carbonyl (C=O) groups is 1. The number of alkyl carbamates (subject to hydrolysis) is 1. The Bertz CT molecular complexity index is 621. The largest absolute Gasteiger partial charge is 0.444 e. The maximum Gasteiger partial charge on any atom is 0.407 e. The van der Waals surface area contributed by atoms with Crippen LogP contribution in [-0.4, -0.2) is 33.2 Å². The van der Waals surface area contributed by atoms with E-state index in [-0.39, 0.29) is 23.7 Å². The van der Waals surface area contributed by atoms with Gasteiger partial charge in [0.2, 0.25) is 10.0 Å². The van der Waals surface area contributed by atoms with Crippen LogP contribution in [0, 0.1) is 5.82 Å². The van der Waals surface area contributed by atoms with Crippen molar-refractivity contribution in [2.24, 2.45) is 0 Å². The van der Waals surface area contributed by atoms with Crippen LogP contribution >= 0.6 is 0 Å². The zero-order valence-corrected chi connectivity index (χ0v) is 13.5. The van der Waals surface area contributed by atoms with Crippen LogP contribution in [0.15, 0.2) is 23.1 Å². The smallest absolute Gasteiger partial charge is 0.407 e. The van der Waals surface area contributed by atoms with Gasteiger partial charge in [0.15, 0.2) is 0 Å². The Morgan fingerprint density at radius 3 is 2.45 bits per heavy atom. The maximum atomic E-state index is 13.2. The standard InChI is InChI=1S/C13H20FN3O4S/c1-13(2,3)21-12(18)16-4-5-17-22(19,20)11-7-9(14)6-10(15)8-11/h6-8,17H,4-5,15H2,1-3H3,(H,16,18). The van der Waals surface area contributed by atoms with E-state index in [1.165, 1.54) is 0 Å². The summed E-state index contributed by atoms with van der Waals surface area (Å²) in [5.74, 6) is -0.743. The second-order valence-corrected chi connectivity index (χ2v) is 7.31. The molecule has 0 aliphatic rings. The van der Waals surface area contributed by atoms with Gasteiger partial charge in [0, 0.05) is 18.8 Å². The highest BCUT2D eigenvalue weighted by Crippen LogP contribution is 2.15. The molecule has 1 aromatic rings. The number of nitrogen functional groups attached to an aromatic ring is 1. The molecule has 0 saturated carbocycles. The highest BCUT2D eigenvalue weighted by Gasteiger charge is 2.17. The fourth-order valence-electron chi connectivity index (χ4n) is 1.49. The summed E-state index contributed by atoms with van der Waals surface area (Å²) in [5.41, 5.74) is 4.77. The van der Waals surface area contributed by atoms with E-state index in [9.17, 15) is 17.6 Å². The number of anilines is 1. The molecular formula is C13H20FN3O4S. The van der Waals surface area contributed by atoms with Gasteiger partial charge in [-0.3, -0.25) is 0 Å². The topological polar surface area (TPSA) is 111 Å². The number of hydrogen-bond donors (Lipinski definition) is 3. The number of ether oxygens (including phenoxy) is 1. The van der Waals surface area contributed by atoms with Crippen molar-refractivity contribution in [3.05, 3.63) is 24.0 Å². The summed E-state index contributed by atoms with van der Waals surface area (Å²) in [5, 5.41) is 2.40. The van der Waals surface area contributed by atoms with E-state index in [0.717, 1.165) is 18.2 Å². The van der Waals surface area contributed by atoms with Gasteiger partial charge in [-0.25, -0.2) is 22.3 Å². The zero-order valence-electron chi connectivity index (χ0n) is 12.6. The minimum atomic E-state index is -3.90. The molecule has 0 atom stereocenters. The Kier molecular flexibility index (Phi) is 5.72. The van der Waals surface area contributed by atoms with Crippen molar-refractivity contribution in [1.82, 2.24) is 10.0 Å². The van der Waals surface area contributed by atoms with E-state index in [1.807, 2.05) is 0 Å². The molecule has 0 aliphatic carbocycles. The molecule has 1 aromatic carbocycles. The summed E-state index contributed by atoms with van der Waals surface area (Å²) in [4.78, 5) is 11.1. The van der Waals surface area contributed by atoms with Gasteiger partial charge < -0.3 is 15.8 Å². The fourth-order valence-corrected chi connectivity index (χ4v) is 2.58. The zero-order chi connectivity index (χ0) is 17.0. The van der Waals surface area contributed by atoms with Crippen LogP contribution in [0.5, 0.6) is 0 Å². The van der Waals surface area contributed by atoms with Crippen molar-refractivity contribution in [2.75, 3.05) is 18.8 Å². The van der Waals surface area contributed by atoms with Crippen molar-refractivity contribution < 1.29 is 22.3 Å². The lowest BCUT2D eigenvalue weighted by Gasteiger charge is -2.19. The van der Waals surface area contributed by atoms with Crippen molar-refractivity contribution in [3.8, 4) is 0 Å². The van der Waals surface area contributed by atoms with Crippen LogP contribution in [0.3, 0.4) is 0 Å². The number of carbonyl (C=O) groups excluding carboxylic acids is 1. The molecule has 0 bridgehead atoms. The van der Waals surface area contributed by atoms with E-state index >= 15 is 0 Å². The number of amides is 1. The summed E-state index contributed by atoms with van der Waals surface area (Å²) in [6.45, 7) is 5.09. The Balaban J connectivity index is 2.52. The van der Waals surface area contributed by atoms with Gasteiger partial charge in [-0.2, -0.15) is 0 Å². The number of sulfonamides is 1. The summed E-state index contributed by atoms with van der Waals surface area (Å²) in [6.07, 6.45) is -0.651. The first kappa shape index (κ1) is 18.2. The molecule has 0 spiro atoms. The molecule has 9 heteroatoms. The quantitative estimate of drug-likeness (QED) is 0.554. The third-order valence-corrected chi connectivity index (χ3v) is 3.73. The van der Waals surface area contributed by atoms with Gasteiger partial charge >= 0.3 is 6.09 Å². The van der Waals surface area contributed by atoms with E-state index in [2.05, 4.69) is 10.0 Å². The van der Waals surface area contributed by atoms with Gasteiger partial charge in [0.05, 0.1) is 4.90 Å². The third kappa shape index (κ3) is 6.27. The SMILES string of the molecule is CC(C)(C)OC(=O)NCCNS(=O)(=O)c1cc(N)cc(F)c1. The second kappa shape index (κ2) is 6.93. The molecule has 7 nitrogen and oxygen atoms in total. The molecule has 1 amide bonds. The molecular weight excluding hydrogens is 313 g/mol. The van der Waals surface area contributed by atoms with Crippen LogP contribution in [0.25, 0.3) is 0 Å². The molecule has 22 heavy (non-hydrogen) atoms. The Hall–Kier alpha value is -1.87. The van der Waals surface area contributed by atoms with Crippen molar-refractivity contribution in [1.29, 1.82) is 0 Å². The van der Waals surface area contributed by atoms with Crippen LogP contribution in [0.1, 0.15) is 20.8 Å². The summed E-state index contributed by atoms with van der Waals surface area (Å²) in [7, 11) is -3.90. The van der Waals surface area contributed by atoms with E-state index in [0.29, 0.717) is 0 Å². The number of nitrogens with two attached hydrogens (primary N) is 1. The van der Waals surface area contributed by atoms with E-state index in [4.69, 9.17) is 10.5 Å². The lowest BCUT2D eigenvalue weighted by Crippen LogP contribution is -2.37. The van der Waals surface area contributed by atoms with Crippen molar-refractivity contribution in [2.45, 2.75) is 31.3 Å². The first-order valence-corrected chi connectivity index (χ1v) is 8.00. The third-order valence-electron chi connectivity index (χ3n) is 2.29. The van der Waals surface area contributed by atoms with Gasteiger partial charge in [-0.1, -0.05) is 0 Å². The first-order valence-electron chi connectivity index (χ1n) is 6.52. The molecule has 0 saturated heterocycles. The van der Waals surface area contributed by atoms with Crippen LogP contribution in [0.2, 0.25) is 0 Å². The average Bonchev–Trinajstić information content (AvgIpc) is 2.31. The van der Waals surface area contributed by atoms with Crippen molar-refractivity contribution in [3.63, 3.8) is 0 Å². The molecule has 0 aromatic heterocycles. The first-order chi connectivity index (χ1) is 9.99. The molecule has 0 aliphatic heterocycles. The summed E-state index contributed by atoms with van der Waals surface area (Å²) >= 11 is 0.